The largest absolute Gasteiger partial charge is 0.346 e. The van der Waals surface area contributed by atoms with Gasteiger partial charge >= 0.3 is 0 Å². The highest BCUT2D eigenvalue weighted by atomic mass is 19.1. The van der Waals surface area contributed by atoms with E-state index in [1.54, 1.807) is 18.2 Å². The lowest BCUT2D eigenvalue weighted by Gasteiger charge is -2.17. The first-order chi connectivity index (χ1) is 10.9. The number of carbonyl (C=O) groups is 1. The molecule has 0 saturated heterocycles. The average molecular weight is 311 g/mol. The van der Waals surface area contributed by atoms with Crippen LogP contribution in [0.1, 0.15) is 40.8 Å². The number of nitrogens with one attached hydrogen (secondary N) is 1. The highest BCUT2D eigenvalue weighted by Gasteiger charge is 2.11. The van der Waals surface area contributed by atoms with Crippen LogP contribution < -0.4 is 5.32 Å². The van der Waals surface area contributed by atoms with Gasteiger partial charge in [0, 0.05) is 6.08 Å². The number of hydrogen-bond donors (Lipinski definition) is 1. The smallest absolute Gasteiger partial charge is 0.244 e. The van der Waals surface area contributed by atoms with Crippen LogP contribution >= 0.6 is 0 Å². The van der Waals surface area contributed by atoms with E-state index in [0.717, 1.165) is 11.1 Å². The van der Waals surface area contributed by atoms with E-state index in [4.69, 9.17) is 0 Å². The molecule has 120 valence electrons. The molecule has 0 saturated carbocycles. The van der Waals surface area contributed by atoms with E-state index >= 15 is 0 Å². The van der Waals surface area contributed by atoms with Crippen molar-refractivity contribution < 1.29 is 9.18 Å². The SMILES string of the molecule is Cc1cc(C)c([C@@H](C)NC(=O)/C=C/c2ccc(F)cc2)cc1C. The third kappa shape index (κ3) is 4.52. The molecule has 1 amide bonds. The van der Waals surface area contributed by atoms with Crippen molar-refractivity contribution in [1.29, 1.82) is 0 Å². The van der Waals surface area contributed by atoms with Gasteiger partial charge in [0.15, 0.2) is 0 Å². The topological polar surface area (TPSA) is 29.1 Å². The molecule has 0 aromatic heterocycles. The summed E-state index contributed by atoms with van der Waals surface area (Å²) < 4.78 is 12.8. The van der Waals surface area contributed by atoms with Gasteiger partial charge in [0.1, 0.15) is 5.82 Å². The summed E-state index contributed by atoms with van der Waals surface area (Å²) in [6, 6.07) is 10.2. The van der Waals surface area contributed by atoms with Crippen LogP contribution in [0.3, 0.4) is 0 Å². The molecule has 0 heterocycles. The molecule has 23 heavy (non-hydrogen) atoms. The minimum Gasteiger partial charge on any atom is -0.346 e. The van der Waals surface area contributed by atoms with Crippen LogP contribution in [0, 0.1) is 26.6 Å². The van der Waals surface area contributed by atoms with Crippen molar-refractivity contribution in [3.8, 4) is 0 Å². The van der Waals surface area contributed by atoms with Crippen molar-refractivity contribution in [2.24, 2.45) is 0 Å². The molecule has 0 aliphatic heterocycles. The highest BCUT2D eigenvalue weighted by molar-refractivity contribution is 5.92. The molecule has 2 rings (SSSR count). The number of amides is 1. The Morgan fingerprint density at radius 1 is 1.04 bits per heavy atom. The molecule has 1 atom stereocenters. The number of benzene rings is 2. The summed E-state index contributed by atoms with van der Waals surface area (Å²) in [7, 11) is 0. The van der Waals surface area contributed by atoms with Crippen LogP contribution in [0.5, 0.6) is 0 Å². The Morgan fingerprint density at radius 3 is 2.30 bits per heavy atom. The van der Waals surface area contributed by atoms with Crippen molar-refractivity contribution >= 4 is 12.0 Å². The summed E-state index contributed by atoms with van der Waals surface area (Å²) in [5.41, 5.74) is 5.55. The maximum absolute atomic E-state index is 12.8. The van der Waals surface area contributed by atoms with Crippen molar-refractivity contribution in [2.75, 3.05) is 0 Å². The van der Waals surface area contributed by atoms with E-state index in [-0.39, 0.29) is 17.8 Å². The minimum atomic E-state index is -0.287. The number of hydrogen-bond acceptors (Lipinski definition) is 1. The molecule has 0 fully saturated rings. The lowest BCUT2D eigenvalue weighted by Crippen LogP contribution is -2.25. The summed E-state index contributed by atoms with van der Waals surface area (Å²) in [6.45, 7) is 8.18. The van der Waals surface area contributed by atoms with Gasteiger partial charge < -0.3 is 5.32 Å². The molecule has 1 N–H and O–H groups in total. The van der Waals surface area contributed by atoms with Crippen LogP contribution in [0.2, 0.25) is 0 Å². The highest BCUT2D eigenvalue weighted by Crippen LogP contribution is 2.21. The van der Waals surface area contributed by atoms with E-state index in [2.05, 4.69) is 38.2 Å². The Labute approximate surface area is 137 Å². The van der Waals surface area contributed by atoms with Gasteiger partial charge in [-0.3, -0.25) is 4.79 Å². The predicted octanol–water partition coefficient (Wildman–Crippen LogP) is 4.64. The van der Waals surface area contributed by atoms with Gasteiger partial charge in [-0.1, -0.05) is 24.3 Å². The van der Waals surface area contributed by atoms with E-state index in [1.165, 1.54) is 34.9 Å². The van der Waals surface area contributed by atoms with Crippen LogP contribution in [0.4, 0.5) is 4.39 Å². The molecular formula is C20H22FNO. The molecule has 0 radical (unpaired) electrons. The Bertz CT molecular complexity index is 732. The van der Waals surface area contributed by atoms with Crippen molar-refractivity contribution in [1.82, 2.24) is 5.32 Å². The van der Waals surface area contributed by atoms with Gasteiger partial charge in [-0.25, -0.2) is 4.39 Å². The Balaban J connectivity index is 2.05. The van der Waals surface area contributed by atoms with Gasteiger partial charge in [0.25, 0.3) is 0 Å². The van der Waals surface area contributed by atoms with Crippen LogP contribution in [0.25, 0.3) is 6.08 Å². The van der Waals surface area contributed by atoms with Gasteiger partial charge in [-0.2, -0.15) is 0 Å². The fraction of sp³-hybridized carbons (Fsp3) is 0.250. The molecule has 0 bridgehead atoms. The second-order valence-electron chi connectivity index (χ2n) is 5.91. The standard InChI is InChI=1S/C20H22FNO/c1-13-11-15(3)19(12-14(13)2)16(4)22-20(23)10-7-17-5-8-18(21)9-6-17/h5-12,16H,1-4H3,(H,22,23)/b10-7+/t16-/m1/s1. The van der Waals surface area contributed by atoms with E-state index < -0.39 is 0 Å². The van der Waals surface area contributed by atoms with Crippen molar-refractivity contribution in [3.05, 3.63) is 76.1 Å². The van der Waals surface area contributed by atoms with Gasteiger partial charge in [0.2, 0.25) is 5.91 Å². The van der Waals surface area contributed by atoms with E-state index in [1.807, 2.05) is 6.92 Å². The molecule has 0 spiro atoms. The number of carbonyl (C=O) groups excluding carboxylic acids is 1. The molecule has 0 aliphatic rings. The zero-order chi connectivity index (χ0) is 17.0. The quantitative estimate of drug-likeness (QED) is 0.819. The lowest BCUT2D eigenvalue weighted by molar-refractivity contribution is -0.117. The predicted molar refractivity (Wildman–Crippen MR) is 92.6 cm³/mol. The van der Waals surface area contributed by atoms with Gasteiger partial charge in [-0.15, -0.1) is 0 Å². The first kappa shape index (κ1) is 16.9. The molecular weight excluding hydrogens is 289 g/mol. The van der Waals surface area contributed by atoms with Crippen LogP contribution in [-0.4, -0.2) is 5.91 Å². The summed E-state index contributed by atoms with van der Waals surface area (Å²) >= 11 is 0. The summed E-state index contributed by atoms with van der Waals surface area (Å²) in [4.78, 5) is 12.1. The second kappa shape index (κ2) is 7.23. The lowest BCUT2D eigenvalue weighted by atomic mass is 9.96. The first-order valence-corrected chi connectivity index (χ1v) is 7.68. The number of halogens is 1. The minimum absolute atomic E-state index is 0.0698. The monoisotopic (exact) mass is 311 g/mol. The van der Waals surface area contributed by atoms with E-state index in [0.29, 0.717) is 0 Å². The van der Waals surface area contributed by atoms with E-state index in [9.17, 15) is 9.18 Å². The molecule has 0 aliphatic carbocycles. The molecule has 0 unspecified atom stereocenters. The maximum Gasteiger partial charge on any atom is 0.244 e. The van der Waals surface area contributed by atoms with Crippen molar-refractivity contribution in [3.63, 3.8) is 0 Å². The summed E-state index contributed by atoms with van der Waals surface area (Å²) in [6.07, 6.45) is 3.15. The summed E-state index contributed by atoms with van der Waals surface area (Å²) in [5, 5.41) is 2.97. The van der Waals surface area contributed by atoms with Crippen LogP contribution in [0.15, 0.2) is 42.5 Å². The fourth-order valence-corrected chi connectivity index (χ4v) is 2.53. The molecule has 2 aromatic rings. The third-order valence-electron chi connectivity index (χ3n) is 4.00. The second-order valence-corrected chi connectivity index (χ2v) is 5.91. The fourth-order valence-electron chi connectivity index (χ4n) is 2.53. The number of aryl methyl sites for hydroxylation is 3. The summed E-state index contributed by atoms with van der Waals surface area (Å²) in [5.74, 6) is -0.454. The maximum atomic E-state index is 12.8. The van der Waals surface area contributed by atoms with Gasteiger partial charge in [-0.05, 0) is 73.7 Å². The molecule has 2 aromatic carbocycles. The number of rotatable bonds is 4. The van der Waals surface area contributed by atoms with Crippen molar-refractivity contribution in [2.45, 2.75) is 33.7 Å². The Kier molecular flexibility index (Phi) is 5.32. The average Bonchev–Trinajstić information content (AvgIpc) is 2.50. The zero-order valence-corrected chi connectivity index (χ0v) is 14.0. The molecule has 2 nitrogen and oxygen atoms in total. The first-order valence-electron chi connectivity index (χ1n) is 7.68. The van der Waals surface area contributed by atoms with Crippen LogP contribution in [-0.2, 0) is 4.79 Å². The Hall–Kier alpha value is -2.42. The van der Waals surface area contributed by atoms with Gasteiger partial charge in [0.05, 0.1) is 6.04 Å². The zero-order valence-electron chi connectivity index (χ0n) is 14.0. The normalized spacial score (nSPS) is 12.4. The molecule has 3 heteroatoms. The Morgan fingerprint density at radius 2 is 1.65 bits per heavy atom. The third-order valence-corrected chi connectivity index (χ3v) is 4.00.